The van der Waals surface area contributed by atoms with Crippen LogP contribution in [0, 0.1) is 34.5 Å². The predicted octanol–water partition coefficient (Wildman–Crippen LogP) is 1.64. The summed E-state index contributed by atoms with van der Waals surface area (Å²) in [5, 5.41) is 11.3. The minimum Gasteiger partial charge on any atom is -1.00 e. The summed E-state index contributed by atoms with van der Waals surface area (Å²) in [7, 11) is 2.47. The summed E-state index contributed by atoms with van der Waals surface area (Å²) in [6.45, 7) is 13.0. The lowest BCUT2D eigenvalue weighted by molar-refractivity contribution is -0.940. The number of carbonyl (C=O) groups excluding carboxylic acids is 1. The average molecular weight is 612 g/mol. The van der Waals surface area contributed by atoms with E-state index < -0.39 is 0 Å². The van der Waals surface area contributed by atoms with Crippen molar-refractivity contribution in [2.75, 3.05) is 46.4 Å². The van der Waals surface area contributed by atoms with E-state index in [1.165, 1.54) is 64.5 Å². The number of morpholine rings is 1. The first-order valence-electron chi connectivity index (χ1n) is 16.2. The van der Waals surface area contributed by atoms with Gasteiger partial charge in [-0.1, -0.05) is 20.8 Å². The number of rotatable bonds is 4. The number of likely N-dealkylation sites (tertiary alicyclic amines) is 1. The van der Waals surface area contributed by atoms with Crippen LogP contribution in [0.4, 0.5) is 0 Å². The second kappa shape index (κ2) is 11.5. The number of ether oxygens (including phenoxy) is 2. The van der Waals surface area contributed by atoms with Crippen molar-refractivity contribution in [3.05, 3.63) is 0 Å². The topological polar surface area (TPSA) is 59.0 Å². The molecule has 0 spiro atoms. The smallest absolute Gasteiger partial charge is 0.306 e. The molecule has 0 aromatic rings. The molecule has 2 aliphatic heterocycles. The van der Waals surface area contributed by atoms with E-state index in [-0.39, 0.29) is 46.6 Å². The van der Waals surface area contributed by atoms with Crippen molar-refractivity contribution in [1.82, 2.24) is 4.90 Å². The molecule has 1 N–H and O–H groups in total. The highest BCUT2D eigenvalue weighted by Gasteiger charge is 2.67. The van der Waals surface area contributed by atoms with E-state index in [9.17, 15) is 9.90 Å². The molecule has 39 heavy (non-hydrogen) atoms. The molecule has 0 radical (unpaired) electrons. The number of nitrogens with zero attached hydrogens (tertiary/aromatic N) is 2. The van der Waals surface area contributed by atoms with Crippen LogP contribution in [0.1, 0.15) is 91.4 Å². The van der Waals surface area contributed by atoms with E-state index in [1.807, 2.05) is 6.92 Å². The van der Waals surface area contributed by atoms with E-state index in [2.05, 4.69) is 25.8 Å². The van der Waals surface area contributed by atoms with Gasteiger partial charge in [0.25, 0.3) is 0 Å². The second-order valence-corrected chi connectivity index (χ2v) is 15.0. The Morgan fingerprint density at radius 1 is 1.03 bits per heavy atom. The molecule has 4 aliphatic carbocycles. The number of likely N-dealkylation sites (N-methyl/N-ethyl adjacent to an activating group) is 1. The molecule has 0 amide bonds. The highest BCUT2D eigenvalue weighted by atomic mass is 79.9. The van der Waals surface area contributed by atoms with Gasteiger partial charge >= 0.3 is 5.97 Å². The van der Waals surface area contributed by atoms with Crippen LogP contribution >= 0.6 is 0 Å². The fourth-order valence-corrected chi connectivity index (χ4v) is 11.1. The summed E-state index contributed by atoms with van der Waals surface area (Å²) in [5.74, 6) is 2.73. The van der Waals surface area contributed by atoms with Crippen LogP contribution in [0.5, 0.6) is 0 Å². The number of aliphatic hydroxyl groups is 1. The summed E-state index contributed by atoms with van der Waals surface area (Å²) in [5.41, 5.74) is 0.389. The lowest BCUT2D eigenvalue weighted by Crippen LogP contribution is -3.00. The lowest BCUT2D eigenvalue weighted by atomic mass is 9.44. The molecular weight excluding hydrogens is 556 g/mol. The van der Waals surface area contributed by atoms with Crippen molar-refractivity contribution in [2.24, 2.45) is 34.5 Å². The summed E-state index contributed by atoms with van der Waals surface area (Å²) < 4.78 is 13.2. The number of quaternary nitrogens is 1. The van der Waals surface area contributed by atoms with Gasteiger partial charge in [-0.25, -0.2) is 0 Å². The monoisotopic (exact) mass is 610 g/mol. The molecule has 224 valence electrons. The zero-order valence-electron chi connectivity index (χ0n) is 25.1. The number of aliphatic hydroxyl groups excluding tert-OH is 1. The molecule has 6 fully saturated rings. The van der Waals surface area contributed by atoms with Gasteiger partial charge < -0.3 is 36.0 Å². The molecule has 6 rings (SSSR count). The minimum atomic E-state index is -0.200. The number of fused-ring (bicyclic) bond motifs is 5. The molecule has 6 aliphatic rings. The third-order valence-corrected chi connectivity index (χ3v) is 13.3. The summed E-state index contributed by atoms with van der Waals surface area (Å²) in [4.78, 5) is 15.3. The van der Waals surface area contributed by atoms with Crippen LogP contribution < -0.4 is 17.0 Å². The van der Waals surface area contributed by atoms with Crippen molar-refractivity contribution < 1.29 is 40.8 Å². The summed E-state index contributed by atoms with van der Waals surface area (Å²) in [6, 6.07) is 0.721. The Labute approximate surface area is 247 Å². The number of esters is 1. The first-order valence-corrected chi connectivity index (χ1v) is 16.2. The predicted molar refractivity (Wildman–Crippen MR) is 148 cm³/mol. The van der Waals surface area contributed by atoms with Gasteiger partial charge in [0.1, 0.15) is 6.04 Å². The minimum absolute atomic E-state index is 0. The molecule has 2 saturated heterocycles. The van der Waals surface area contributed by atoms with Gasteiger partial charge in [-0.05, 0) is 86.9 Å². The van der Waals surface area contributed by atoms with Crippen molar-refractivity contribution in [3.63, 3.8) is 0 Å². The normalized spacial score (nSPS) is 47.7. The molecule has 10 atom stereocenters. The fraction of sp³-hybridized carbons (Fsp3) is 0.969. The van der Waals surface area contributed by atoms with E-state index in [0.29, 0.717) is 29.7 Å². The molecule has 0 unspecified atom stereocenters. The van der Waals surface area contributed by atoms with Crippen LogP contribution in [-0.2, 0) is 14.3 Å². The van der Waals surface area contributed by atoms with Crippen LogP contribution in [-0.4, -0.2) is 91.2 Å². The number of halogens is 1. The van der Waals surface area contributed by atoms with Crippen LogP contribution in [0.25, 0.3) is 0 Å². The Morgan fingerprint density at radius 3 is 2.44 bits per heavy atom. The fourth-order valence-electron chi connectivity index (χ4n) is 11.1. The van der Waals surface area contributed by atoms with Crippen LogP contribution in [0.2, 0.25) is 0 Å². The summed E-state index contributed by atoms with van der Waals surface area (Å²) in [6.07, 6.45) is 12.6. The van der Waals surface area contributed by atoms with Gasteiger partial charge in [-0.2, -0.15) is 0 Å². The molecule has 7 heteroatoms. The average Bonchev–Trinajstić information content (AvgIpc) is 3.22. The Morgan fingerprint density at radius 2 is 1.74 bits per heavy atom. The second-order valence-electron chi connectivity index (χ2n) is 15.0. The van der Waals surface area contributed by atoms with E-state index in [1.54, 1.807) is 0 Å². The number of carbonyl (C=O) groups is 1. The van der Waals surface area contributed by atoms with Crippen molar-refractivity contribution in [2.45, 2.75) is 116 Å². The first-order chi connectivity index (χ1) is 18.2. The molecule has 2 heterocycles. The quantitative estimate of drug-likeness (QED) is 0.387. The number of hydrogen-bond donors (Lipinski definition) is 1. The van der Waals surface area contributed by atoms with Crippen LogP contribution in [0.15, 0.2) is 0 Å². The Balaban J connectivity index is 0.00000308. The van der Waals surface area contributed by atoms with Gasteiger partial charge in [0.2, 0.25) is 0 Å². The molecule has 4 saturated carbocycles. The highest BCUT2D eigenvalue weighted by Crippen LogP contribution is 2.67. The van der Waals surface area contributed by atoms with Gasteiger partial charge in [-0.15, -0.1) is 0 Å². The summed E-state index contributed by atoms with van der Waals surface area (Å²) >= 11 is 0. The maximum absolute atomic E-state index is 12.8. The lowest BCUT2D eigenvalue weighted by Gasteiger charge is -2.62. The molecule has 0 aromatic heterocycles. The van der Waals surface area contributed by atoms with Crippen LogP contribution in [0.3, 0.4) is 0 Å². The Kier molecular flexibility index (Phi) is 8.89. The van der Waals surface area contributed by atoms with E-state index in [4.69, 9.17) is 9.47 Å². The maximum atomic E-state index is 12.8. The number of piperidine rings is 1. The van der Waals surface area contributed by atoms with Crippen molar-refractivity contribution >= 4 is 5.97 Å². The standard InChI is InChI=1S/C32H55N2O4.BrH/c1-5-29(36)38-30-27(34(4)15-7-6-8-16-34)20-25-23-10-9-22-19-28(35)26(33-13-17-37-18-14-33)21-32(22,3)24(23)11-12-31(25,30)2;/h22-28,30,35H,5-21H2,1-4H3;1H/q+1;/p-1/t22-,23+,24-,25-,26+,27-,28-,30-,31-,32-;/m0./s1. The Hall–Kier alpha value is -0.210. The van der Waals surface area contributed by atoms with Gasteiger partial charge in [0.15, 0.2) is 6.10 Å². The Bertz CT molecular complexity index is 876. The number of hydrogen-bond acceptors (Lipinski definition) is 5. The molecule has 0 bridgehead atoms. The third-order valence-electron chi connectivity index (χ3n) is 13.3. The SMILES string of the molecule is CCC(=O)O[C@H]1[C@@H]([N+]2(C)CCCCC2)C[C@H]2[C@@H]3CC[C@H]4C[C@H](O)[C@H](N5CCOCC5)C[C@]4(C)[C@H]3CC[C@@]21C.[Br-]. The van der Waals surface area contributed by atoms with Gasteiger partial charge in [0, 0.05) is 37.4 Å². The zero-order chi connectivity index (χ0) is 26.7. The zero-order valence-corrected chi connectivity index (χ0v) is 26.7. The largest absolute Gasteiger partial charge is 1.00 e. The first kappa shape index (κ1) is 30.3. The van der Waals surface area contributed by atoms with Crippen molar-refractivity contribution in [3.8, 4) is 0 Å². The van der Waals surface area contributed by atoms with Gasteiger partial charge in [0.05, 0.1) is 39.5 Å². The third kappa shape index (κ3) is 5.06. The molecule has 6 nitrogen and oxygen atoms in total. The highest BCUT2D eigenvalue weighted by molar-refractivity contribution is 5.69. The molecular formula is C32H55BrN2O4. The molecule has 0 aromatic carbocycles. The van der Waals surface area contributed by atoms with E-state index in [0.717, 1.165) is 55.5 Å². The van der Waals surface area contributed by atoms with Gasteiger partial charge in [-0.3, -0.25) is 9.69 Å². The van der Waals surface area contributed by atoms with Crippen molar-refractivity contribution in [1.29, 1.82) is 0 Å². The van der Waals surface area contributed by atoms with E-state index >= 15 is 0 Å². The maximum Gasteiger partial charge on any atom is 0.306 e.